The van der Waals surface area contributed by atoms with Gasteiger partial charge in [0.2, 0.25) is 16.0 Å². The molecule has 3 N–H and O–H groups in total. The van der Waals surface area contributed by atoms with E-state index in [0.717, 1.165) is 12.8 Å². The summed E-state index contributed by atoms with van der Waals surface area (Å²) in [6, 6.07) is -0.360. The highest BCUT2D eigenvalue weighted by molar-refractivity contribution is 7.89. The van der Waals surface area contributed by atoms with Gasteiger partial charge in [-0.25, -0.2) is 18.4 Å². The number of sulfonamides is 1. The third-order valence-electron chi connectivity index (χ3n) is 3.04. The standard InChI is InChI=1S/C10H16N4O3S/c11-10-12-5-9(6-13-10)18(16,17)14-4-2-1-3-8(14)7-15/h5-6,8,15H,1-4,7H2,(H2,11,12,13). The Labute approximate surface area is 106 Å². The van der Waals surface area contributed by atoms with Crippen LogP contribution in [-0.4, -0.2) is 47.0 Å². The van der Waals surface area contributed by atoms with Crippen molar-refractivity contribution in [3.63, 3.8) is 0 Å². The largest absolute Gasteiger partial charge is 0.395 e. The second kappa shape index (κ2) is 5.17. The van der Waals surface area contributed by atoms with Crippen molar-refractivity contribution in [2.75, 3.05) is 18.9 Å². The molecule has 1 fully saturated rings. The summed E-state index contributed by atoms with van der Waals surface area (Å²) in [6.45, 7) is 0.243. The zero-order valence-electron chi connectivity index (χ0n) is 9.86. The quantitative estimate of drug-likeness (QED) is 0.774. The van der Waals surface area contributed by atoms with Gasteiger partial charge in [0.15, 0.2) is 0 Å². The first-order chi connectivity index (χ1) is 8.55. The summed E-state index contributed by atoms with van der Waals surface area (Å²) in [4.78, 5) is 7.39. The molecule has 0 aromatic carbocycles. The molecule has 7 nitrogen and oxygen atoms in total. The number of aliphatic hydroxyl groups excluding tert-OH is 1. The van der Waals surface area contributed by atoms with Crippen LogP contribution in [0.2, 0.25) is 0 Å². The maximum absolute atomic E-state index is 12.4. The molecule has 2 heterocycles. The first-order valence-corrected chi connectivity index (χ1v) is 7.20. The summed E-state index contributed by atoms with van der Waals surface area (Å²) < 4.78 is 26.0. The van der Waals surface area contributed by atoms with Crippen molar-refractivity contribution < 1.29 is 13.5 Å². The molecule has 0 aliphatic carbocycles. The van der Waals surface area contributed by atoms with Gasteiger partial charge in [-0.1, -0.05) is 6.42 Å². The van der Waals surface area contributed by atoms with E-state index in [4.69, 9.17) is 5.73 Å². The van der Waals surface area contributed by atoms with E-state index in [1.165, 1.54) is 16.7 Å². The highest BCUT2D eigenvalue weighted by Crippen LogP contribution is 2.24. The van der Waals surface area contributed by atoms with Crippen LogP contribution in [0.4, 0.5) is 5.95 Å². The van der Waals surface area contributed by atoms with E-state index in [0.29, 0.717) is 13.0 Å². The van der Waals surface area contributed by atoms with Gasteiger partial charge < -0.3 is 10.8 Å². The molecule has 1 aromatic heterocycles. The molecule has 1 atom stereocenters. The lowest BCUT2D eigenvalue weighted by atomic mass is 10.1. The molecule has 0 radical (unpaired) electrons. The van der Waals surface area contributed by atoms with Crippen LogP contribution in [0, 0.1) is 0 Å². The fourth-order valence-corrected chi connectivity index (χ4v) is 3.64. The normalized spacial score (nSPS) is 21.9. The van der Waals surface area contributed by atoms with Crippen molar-refractivity contribution in [1.29, 1.82) is 0 Å². The highest BCUT2D eigenvalue weighted by Gasteiger charge is 2.33. The molecule has 0 amide bonds. The molecule has 0 bridgehead atoms. The van der Waals surface area contributed by atoms with E-state index in [-0.39, 0.29) is 23.5 Å². The van der Waals surface area contributed by atoms with Gasteiger partial charge in [0.25, 0.3) is 0 Å². The van der Waals surface area contributed by atoms with E-state index < -0.39 is 10.0 Å². The smallest absolute Gasteiger partial charge is 0.246 e. The van der Waals surface area contributed by atoms with Crippen LogP contribution in [-0.2, 0) is 10.0 Å². The first kappa shape index (κ1) is 13.2. The van der Waals surface area contributed by atoms with Crippen molar-refractivity contribution in [3.05, 3.63) is 12.4 Å². The summed E-state index contributed by atoms with van der Waals surface area (Å²) >= 11 is 0. The zero-order chi connectivity index (χ0) is 13.2. The van der Waals surface area contributed by atoms with Crippen molar-refractivity contribution >= 4 is 16.0 Å². The van der Waals surface area contributed by atoms with E-state index in [9.17, 15) is 13.5 Å². The van der Waals surface area contributed by atoms with Crippen molar-refractivity contribution in [1.82, 2.24) is 14.3 Å². The van der Waals surface area contributed by atoms with Crippen LogP contribution in [0.5, 0.6) is 0 Å². The minimum Gasteiger partial charge on any atom is -0.395 e. The Kier molecular flexibility index (Phi) is 3.79. The summed E-state index contributed by atoms with van der Waals surface area (Å²) in [5.74, 6) is 0.0336. The Balaban J connectivity index is 2.32. The maximum Gasteiger partial charge on any atom is 0.246 e. The summed E-state index contributed by atoms with van der Waals surface area (Å²) in [7, 11) is -3.65. The predicted molar refractivity (Wildman–Crippen MR) is 65.1 cm³/mol. The number of aromatic nitrogens is 2. The van der Waals surface area contributed by atoms with Crippen LogP contribution in [0.3, 0.4) is 0 Å². The lowest BCUT2D eigenvalue weighted by Gasteiger charge is -2.33. The average molecular weight is 272 g/mol. The van der Waals surface area contributed by atoms with E-state index in [2.05, 4.69) is 9.97 Å². The number of rotatable bonds is 3. The van der Waals surface area contributed by atoms with Crippen LogP contribution in [0.1, 0.15) is 19.3 Å². The van der Waals surface area contributed by atoms with Crippen LogP contribution in [0.25, 0.3) is 0 Å². The molecule has 1 saturated heterocycles. The molecular weight excluding hydrogens is 256 g/mol. The van der Waals surface area contributed by atoms with E-state index >= 15 is 0 Å². The lowest BCUT2D eigenvalue weighted by Crippen LogP contribution is -2.45. The number of hydrogen-bond donors (Lipinski definition) is 2. The van der Waals surface area contributed by atoms with Crippen molar-refractivity contribution in [3.8, 4) is 0 Å². The summed E-state index contributed by atoms with van der Waals surface area (Å²) in [5, 5.41) is 9.26. The molecule has 1 aliphatic heterocycles. The average Bonchev–Trinajstić information content (AvgIpc) is 2.39. The number of nitrogens with zero attached hydrogens (tertiary/aromatic N) is 3. The van der Waals surface area contributed by atoms with Gasteiger partial charge in [0, 0.05) is 12.6 Å². The van der Waals surface area contributed by atoms with Gasteiger partial charge in [-0.2, -0.15) is 4.31 Å². The van der Waals surface area contributed by atoms with Gasteiger partial charge in [0.05, 0.1) is 19.0 Å². The first-order valence-electron chi connectivity index (χ1n) is 5.76. The summed E-state index contributed by atoms with van der Waals surface area (Å²) in [6.07, 6.45) is 4.79. The van der Waals surface area contributed by atoms with Crippen LogP contribution >= 0.6 is 0 Å². The molecule has 2 rings (SSSR count). The van der Waals surface area contributed by atoms with Crippen molar-refractivity contribution in [2.24, 2.45) is 0 Å². The Bertz CT molecular complexity index is 502. The van der Waals surface area contributed by atoms with Crippen molar-refractivity contribution in [2.45, 2.75) is 30.2 Å². The molecular formula is C10H16N4O3S. The zero-order valence-corrected chi connectivity index (χ0v) is 10.7. The number of nitrogens with two attached hydrogens (primary N) is 1. The molecule has 0 spiro atoms. The minimum atomic E-state index is -3.65. The third-order valence-corrected chi connectivity index (χ3v) is 4.94. The molecule has 8 heteroatoms. The number of piperidine rings is 1. The molecule has 1 aliphatic rings. The molecule has 0 saturated carbocycles. The number of hydrogen-bond acceptors (Lipinski definition) is 6. The fourth-order valence-electron chi connectivity index (χ4n) is 2.07. The van der Waals surface area contributed by atoms with E-state index in [1.807, 2.05) is 0 Å². The van der Waals surface area contributed by atoms with Gasteiger partial charge in [-0.15, -0.1) is 0 Å². The van der Waals surface area contributed by atoms with Gasteiger partial charge in [-0.05, 0) is 12.8 Å². The molecule has 1 aromatic rings. The number of nitrogen functional groups attached to an aromatic ring is 1. The predicted octanol–water partition coefficient (Wildman–Crippen LogP) is -0.406. The highest BCUT2D eigenvalue weighted by atomic mass is 32.2. The monoisotopic (exact) mass is 272 g/mol. The Morgan fingerprint density at radius 2 is 2.06 bits per heavy atom. The minimum absolute atomic E-state index is 0.0112. The summed E-state index contributed by atoms with van der Waals surface area (Å²) in [5.41, 5.74) is 5.33. The van der Waals surface area contributed by atoms with Gasteiger partial charge >= 0.3 is 0 Å². The molecule has 100 valence electrons. The maximum atomic E-state index is 12.4. The molecule has 18 heavy (non-hydrogen) atoms. The second-order valence-electron chi connectivity index (χ2n) is 4.22. The Morgan fingerprint density at radius 1 is 1.39 bits per heavy atom. The topological polar surface area (TPSA) is 109 Å². The van der Waals surface area contributed by atoms with Gasteiger partial charge in [-0.3, -0.25) is 0 Å². The Morgan fingerprint density at radius 3 is 2.67 bits per heavy atom. The van der Waals surface area contributed by atoms with Gasteiger partial charge in [0.1, 0.15) is 4.90 Å². The number of anilines is 1. The lowest BCUT2D eigenvalue weighted by molar-refractivity contribution is 0.155. The fraction of sp³-hybridized carbons (Fsp3) is 0.600. The van der Waals surface area contributed by atoms with Crippen LogP contribution in [0.15, 0.2) is 17.3 Å². The second-order valence-corrected chi connectivity index (χ2v) is 6.12. The molecule has 1 unspecified atom stereocenters. The van der Waals surface area contributed by atoms with E-state index in [1.54, 1.807) is 0 Å². The van der Waals surface area contributed by atoms with Crippen LogP contribution < -0.4 is 5.73 Å². The third kappa shape index (κ3) is 2.45. The SMILES string of the molecule is Nc1ncc(S(=O)(=O)N2CCCCC2CO)cn1. The Hall–Kier alpha value is -1.25. The number of aliphatic hydroxyl groups is 1.